The number of rotatable bonds is 5. The van der Waals surface area contributed by atoms with Crippen molar-refractivity contribution in [2.75, 3.05) is 20.1 Å². The van der Waals surface area contributed by atoms with E-state index in [9.17, 15) is 9.59 Å². The van der Waals surface area contributed by atoms with E-state index in [1.165, 1.54) is 23.1 Å². The number of benzene rings is 2. The molecule has 1 aliphatic heterocycles. The molecule has 4 heteroatoms. The number of hydrogen-bond donors (Lipinski definition) is 1. The van der Waals surface area contributed by atoms with Crippen LogP contribution in [0.3, 0.4) is 0 Å². The first-order valence-electron chi connectivity index (χ1n) is 10.8. The zero-order valence-electron chi connectivity index (χ0n) is 17.2. The van der Waals surface area contributed by atoms with Crippen LogP contribution in [0, 0.1) is 11.3 Å². The summed E-state index contributed by atoms with van der Waals surface area (Å²) < 4.78 is 0. The van der Waals surface area contributed by atoms with Crippen LogP contribution in [0.2, 0.25) is 0 Å². The molecule has 1 saturated carbocycles. The van der Waals surface area contributed by atoms with E-state index in [1.807, 2.05) is 23.1 Å². The SMILES string of the molecule is CNC(=O)C1(Cc2ccccc2-c2ccccc2)CCN(C(=O)C2CCC2)CC1. The highest BCUT2D eigenvalue weighted by molar-refractivity contribution is 5.84. The van der Waals surface area contributed by atoms with E-state index in [0.717, 1.165) is 12.8 Å². The average Bonchev–Trinajstić information content (AvgIpc) is 2.73. The van der Waals surface area contributed by atoms with Gasteiger partial charge in [0.1, 0.15) is 0 Å². The zero-order chi connectivity index (χ0) is 20.3. The van der Waals surface area contributed by atoms with Gasteiger partial charge >= 0.3 is 0 Å². The number of nitrogens with zero attached hydrogens (tertiary/aromatic N) is 1. The van der Waals surface area contributed by atoms with Crippen LogP contribution in [-0.2, 0) is 16.0 Å². The first kappa shape index (κ1) is 19.7. The summed E-state index contributed by atoms with van der Waals surface area (Å²) in [6.45, 7) is 1.35. The number of amides is 2. The van der Waals surface area contributed by atoms with E-state index in [2.05, 4.69) is 41.7 Å². The molecule has 2 aliphatic rings. The minimum atomic E-state index is -0.462. The molecule has 2 aromatic carbocycles. The van der Waals surface area contributed by atoms with E-state index in [1.54, 1.807) is 7.05 Å². The summed E-state index contributed by atoms with van der Waals surface area (Å²) in [6.07, 6.45) is 5.36. The van der Waals surface area contributed by atoms with E-state index in [0.29, 0.717) is 38.3 Å². The number of carbonyl (C=O) groups excluding carboxylic acids is 2. The van der Waals surface area contributed by atoms with Crippen LogP contribution in [-0.4, -0.2) is 36.9 Å². The fourth-order valence-electron chi connectivity index (χ4n) is 4.76. The van der Waals surface area contributed by atoms with Crippen molar-refractivity contribution in [2.45, 2.75) is 38.5 Å². The van der Waals surface area contributed by atoms with Crippen molar-refractivity contribution in [1.82, 2.24) is 10.2 Å². The molecule has 29 heavy (non-hydrogen) atoms. The minimum absolute atomic E-state index is 0.0936. The molecule has 2 amide bonds. The Morgan fingerprint density at radius 3 is 2.28 bits per heavy atom. The van der Waals surface area contributed by atoms with Crippen LogP contribution in [0.1, 0.15) is 37.7 Å². The standard InChI is InChI=1S/C25H30N2O2/c1-26-24(29)25(14-16-27(17-15-25)23(28)20-11-7-12-20)18-21-10-5-6-13-22(21)19-8-3-2-4-9-19/h2-6,8-10,13,20H,7,11-12,14-18H2,1H3,(H,26,29). The molecule has 4 rings (SSSR count). The van der Waals surface area contributed by atoms with Crippen LogP contribution in [0.4, 0.5) is 0 Å². The van der Waals surface area contributed by atoms with Crippen molar-refractivity contribution in [3.63, 3.8) is 0 Å². The lowest BCUT2D eigenvalue weighted by molar-refractivity contribution is -0.144. The van der Waals surface area contributed by atoms with Gasteiger partial charge in [0.25, 0.3) is 0 Å². The third-order valence-electron chi connectivity index (χ3n) is 6.83. The average molecular weight is 391 g/mol. The van der Waals surface area contributed by atoms with Crippen molar-refractivity contribution in [2.24, 2.45) is 11.3 Å². The smallest absolute Gasteiger partial charge is 0.226 e. The fraction of sp³-hybridized carbons (Fsp3) is 0.440. The summed E-state index contributed by atoms with van der Waals surface area (Å²) in [4.78, 5) is 27.7. The molecule has 0 aromatic heterocycles. The van der Waals surface area contributed by atoms with Crippen LogP contribution < -0.4 is 5.32 Å². The lowest BCUT2D eigenvalue weighted by Crippen LogP contribution is -2.52. The van der Waals surface area contributed by atoms with Gasteiger partial charge in [-0.3, -0.25) is 9.59 Å². The minimum Gasteiger partial charge on any atom is -0.359 e. The van der Waals surface area contributed by atoms with E-state index < -0.39 is 5.41 Å². The molecule has 1 N–H and O–H groups in total. The maximum absolute atomic E-state index is 13.0. The first-order valence-corrected chi connectivity index (χ1v) is 10.8. The second-order valence-corrected chi connectivity index (χ2v) is 8.51. The van der Waals surface area contributed by atoms with Gasteiger partial charge in [-0.2, -0.15) is 0 Å². The van der Waals surface area contributed by atoms with Crippen molar-refractivity contribution >= 4 is 11.8 Å². The highest BCUT2D eigenvalue weighted by Gasteiger charge is 2.43. The van der Waals surface area contributed by atoms with Gasteiger partial charge in [0.2, 0.25) is 11.8 Å². The predicted octanol–water partition coefficient (Wildman–Crippen LogP) is 4.05. The normalized spacial score (nSPS) is 18.7. The molecule has 2 fully saturated rings. The molecule has 152 valence electrons. The second kappa shape index (κ2) is 8.40. The fourth-order valence-corrected chi connectivity index (χ4v) is 4.76. The topological polar surface area (TPSA) is 49.4 Å². The van der Waals surface area contributed by atoms with E-state index >= 15 is 0 Å². The Morgan fingerprint density at radius 2 is 1.66 bits per heavy atom. The molecule has 1 heterocycles. The van der Waals surface area contributed by atoms with Crippen LogP contribution in [0.15, 0.2) is 54.6 Å². The van der Waals surface area contributed by atoms with Crippen LogP contribution in [0.5, 0.6) is 0 Å². The summed E-state index contributed by atoms with van der Waals surface area (Å²) in [5.74, 6) is 0.615. The van der Waals surface area contributed by atoms with Crippen LogP contribution >= 0.6 is 0 Å². The lowest BCUT2D eigenvalue weighted by atomic mass is 9.71. The number of likely N-dealkylation sites (tertiary alicyclic amines) is 1. The van der Waals surface area contributed by atoms with Gasteiger partial charge in [-0.05, 0) is 48.8 Å². The molecular formula is C25H30N2O2. The van der Waals surface area contributed by atoms with Gasteiger partial charge < -0.3 is 10.2 Å². The molecule has 2 aromatic rings. The van der Waals surface area contributed by atoms with E-state index in [4.69, 9.17) is 0 Å². The third-order valence-corrected chi connectivity index (χ3v) is 6.83. The Morgan fingerprint density at radius 1 is 1.00 bits per heavy atom. The monoisotopic (exact) mass is 390 g/mol. The van der Waals surface area contributed by atoms with Gasteiger partial charge in [0.05, 0.1) is 5.41 Å². The molecule has 1 saturated heterocycles. The Bertz CT molecular complexity index is 865. The summed E-state index contributed by atoms with van der Waals surface area (Å²) in [7, 11) is 1.72. The Balaban J connectivity index is 1.56. The number of nitrogens with one attached hydrogen (secondary N) is 1. The molecule has 0 atom stereocenters. The molecule has 4 nitrogen and oxygen atoms in total. The van der Waals surface area contributed by atoms with Gasteiger partial charge in [0.15, 0.2) is 0 Å². The van der Waals surface area contributed by atoms with Crippen molar-refractivity contribution < 1.29 is 9.59 Å². The van der Waals surface area contributed by atoms with Crippen molar-refractivity contribution in [3.8, 4) is 11.1 Å². The Kier molecular flexibility index (Phi) is 5.70. The number of hydrogen-bond acceptors (Lipinski definition) is 2. The summed E-state index contributed by atoms with van der Waals surface area (Å²) in [6, 6.07) is 18.7. The van der Waals surface area contributed by atoms with Gasteiger partial charge in [-0.15, -0.1) is 0 Å². The Labute approximate surface area is 173 Å². The summed E-state index contributed by atoms with van der Waals surface area (Å²) in [5, 5.41) is 2.90. The molecule has 0 spiro atoms. The maximum atomic E-state index is 13.0. The van der Waals surface area contributed by atoms with Crippen LogP contribution in [0.25, 0.3) is 11.1 Å². The molecule has 0 bridgehead atoms. The number of piperidine rings is 1. The zero-order valence-corrected chi connectivity index (χ0v) is 17.2. The molecular weight excluding hydrogens is 360 g/mol. The summed E-state index contributed by atoms with van der Waals surface area (Å²) in [5.41, 5.74) is 3.09. The summed E-state index contributed by atoms with van der Waals surface area (Å²) >= 11 is 0. The quantitative estimate of drug-likeness (QED) is 0.837. The van der Waals surface area contributed by atoms with Crippen molar-refractivity contribution in [1.29, 1.82) is 0 Å². The third kappa shape index (κ3) is 3.93. The number of carbonyl (C=O) groups is 2. The second-order valence-electron chi connectivity index (χ2n) is 8.51. The molecule has 1 aliphatic carbocycles. The lowest BCUT2D eigenvalue weighted by Gasteiger charge is -2.42. The molecule has 0 radical (unpaired) electrons. The van der Waals surface area contributed by atoms with Gasteiger partial charge in [-0.25, -0.2) is 0 Å². The predicted molar refractivity (Wildman–Crippen MR) is 115 cm³/mol. The highest BCUT2D eigenvalue weighted by atomic mass is 16.2. The van der Waals surface area contributed by atoms with Crippen molar-refractivity contribution in [3.05, 3.63) is 60.2 Å². The maximum Gasteiger partial charge on any atom is 0.226 e. The highest BCUT2D eigenvalue weighted by Crippen LogP contribution is 2.39. The van der Waals surface area contributed by atoms with Gasteiger partial charge in [0, 0.05) is 26.1 Å². The van der Waals surface area contributed by atoms with E-state index in [-0.39, 0.29) is 11.8 Å². The van der Waals surface area contributed by atoms with Gasteiger partial charge in [-0.1, -0.05) is 61.0 Å². The largest absolute Gasteiger partial charge is 0.359 e. The Hall–Kier alpha value is -2.62. The molecule has 0 unspecified atom stereocenters. The first-order chi connectivity index (χ1) is 14.1.